The number of nitrogens with two attached hydrogens (primary N) is 1. The molecule has 2 aliphatic rings. The smallest absolute Gasteiger partial charge is 0.338 e. The van der Waals surface area contributed by atoms with Crippen molar-refractivity contribution in [1.82, 2.24) is 0 Å². The maximum atomic E-state index is 13.2. The number of carbonyl (C=O) groups excluding carboxylic acids is 2. The molecule has 1 aliphatic carbocycles. The normalized spacial score (nSPS) is 18.7. The van der Waals surface area contributed by atoms with E-state index in [9.17, 15) is 9.59 Å². The van der Waals surface area contributed by atoms with E-state index in [1.165, 1.54) is 7.11 Å². The van der Waals surface area contributed by atoms with Crippen LogP contribution < -0.4 is 15.4 Å². The van der Waals surface area contributed by atoms with E-state index in [1.807, 2.05) is 24.3 Å². The Balaban J connectivity index is 1.96. The fourth-order valence-corrected chi connectivity index (χ4v) is 4.44. The molecule has 2 N–H and O–H groups in total. The third-order valence-corrected chi connectivity index (χ3v) is 5.98. The van der Waals surface area contributed by atoms with Crippen molar-refractivity contribution in [2.45, 2.75) is 25.2 Å². The summed E-state index contributed by atoms with van der Waals surface area (Å²) in [5, 5.41) is 0.585. The van der Waals surface area contributed by atoms with Gasteiger partial charge in [-0.15, -0.1) is 0 Å². The van der Waals surface area contributed by atoms with E-state index in [0.29, 0.717) is 29.2 Å². The minimum Gasteiger partial charge on any atom is -0.497 e. The molecule has 1 atom stereocenters. The minimum absolute atomic E-state index is 0.00920. The molecule has 0 saturated carbocycles. The van der Waals surface area contributed by atoms with Gasteiger partial charge in [0.05, 0.1) is 25.7 Å². The van der Waals surface area contributed by atoms with Gasteiger partial charge in [0.2, 0.25) is 0 Å². The number of Topliss-reactive ketones (excluding diaryl/α,β-unsaturated/α-hetero) is 1. The third kappa shape index (κ3) is 3.68. The minimum atomic E-state index is -0.607. The molecule has 1 aliphatic heterocycles. The summed E-state index contributed by atoms with van der Waals surface area (Å²) in [6.07, 6.45) is 1.82. The van der Waals surface area contributed by atoms with Crippen LogP contribution in [0.3, 0.4) is 0 Å². The Labute approximate surface area is 185 Å². The van der Waals surface area contributed by atoms with E-state index in [1.54, 1.807) is 36.3 Å². The second kappa shape index (κ2) is 8.47. The van der Waals surface area contributed by atoms with Crippen molar-refractivity contribution in [3.8, 4) is 5.75 Å². The van der Waals surface area contributed by atoms with E-state index in [-0.39, 0.29) is 17.2 Å². The molecule has 31 heavy (non-hydrogen) atoms. The van der Waals surface area contributed by atoms with Gasteiger partial charge in [0, 0.05) is 28.4 Å². The van der Waals surface area contributed by atoms with Gasteiger partial charge in [-0.1, -0.05) is 23.7 Å². The van der Waals surface area contributed by atoms with Crippen LogP contribution in [0.1, 0.15) is 30.7 Å². The Morgan fingerprint density at radius 3 is 2.35 bits per heavy atom. The lowest BCUT2D eigenvalue weighted by atomic mass is 9.75. The molecule has 4 rings (SSSR count). The fraction of sp³-hybridized carbons (Fsp3) is 0.250. The maximum Gasteiger partial charge on any atom is 0.338 e. The molecule has 2 aromatic rings. The molecule has 2 aromatic carbocycles. The lowest BCUT2D eigenvalue weighted by molar-refractivity contribution is -0.136. The molecule has 7 heteroatoms. The predicted octanol–water partition coefficient (Wildman–Crippen LogP) is 4.30. The summed E-state index contributed by atoms with van der Waals surface area (Å²) in [4.78, 5) is 27.9. The van der Waals surface area contributed by atoms with Crippen LogP contribution >= 0.6 is 11.6 Å². The van der Waals surface area contributed by atoms with Crippen molar-refractivity contribution < 1.29 is 19.1 Å². The number of rotatable bonds is 4. The number of nitrogens with zero attached hydrogens (tertiary/aromatic N) is 1. The maximum absolute atomic E-state index is 13.2. The van der Waals surface area contributed by atoms with Gasteiger partial charge in [0.25, 0.3) is 0 Å². The topological polar surface area (TPSA) is 81.9 Å². The van der Waals surface area contributed by atoms with Crippen molar-refractivity contribution in [3.05, 3.63) is 81.8 Å². The quantitative estimate of drug-likeness (QED) is 0.716. The summed E-state index contributed by atoms with van der Waals surface area (Å²) in [7, 11) is 2.90. The Bertz CT molecular complexity index is 1090. The lowest BCUT2D eigenvalue weighted by Gasteiger charge is -2.40. The Kier molecular flexibility index (Phi) is 5.74. The predicted molar refractivity (Wildman–Crippen MR) is 119 cm³/mol. The van der Waals surface area contributed by atoms with Gasteiger partial charge in [-0.2, -0.15) is 0 Å². The second-order valence-electron chi connectivity index (χ2n) is 7.45. The van der Waals surface area contributed by atoms with Crippen molar-refractivity contribution >= 4 is 29.0 Å². The first-order valence-electron chi connectivity index (χ1n) is 10.00. The number of halogens is 1. The SMILES string of the molecule is COC(=O)C1=C(N)N(c2ccc(Cl)cc2)C2=C(C(=O)CCC2)[C@H]1c1ccc(OC)cc1. The summed E-state index contributed by atoms with van der Waals surface area (Å²) in [6.45, 7) is 0. The first-order chi connectivity index (χ1) is 15.0. The number of allylic oxidation sites excluding steroid dienone is 2. The molecule has 0 amide bonds. The monoisotopic (exact) mass is 438 g/mol. The van der Waals surface area contributed by atoms with Gasteiger partial charge in [0.15, 0.2) is 5.78 Å². The number of ketones is 1. The van der Waals surface area contributed by atoms with Gasteiger partial charge in [-0.05, 0) is 54.8 Å². The van der Waals surface area contributed by atoms with E-state index in [4.69, 9.17) is 26.8 Å². The van der Waals surface area contributed by atoms with Gasteiger partial charge in [0.1, 0.15) is 11.6 Å². The van der Waals surface area contributed by atoms with Gasteiger partial charge in [-0.25, -0.2) is 4.79 Å². The average Bonchev–Trinajstić information content (AvgIpc) is 2.79. The number of hydrogen-bond donors (Lipinski definition) is 1. The van der Waals surface area contributed by atoms with Crippen LogP contribution in [0, 0.1) is 0 Å². The number of hydrogen-bond acceptors (Lipinski definition) is 6. The molecule has 0 spiro atoms. The molecule has 1 heterocycles. The Morgan fingerprint density at radius 2 is 1.74 bits per heavy atom. The average molecular weight is 439 g/mol. The van der Waals surface area contributed by atoms with E-state index in [0.717, 1.165) is 23.4 Å². The second-order valence-corrected chi connectivity index (χ2v) is 7.88. The zero-order valence-corrected chi connectivity index (χ0v) is 18.1. The van der Waals surface area contributed by atoms with Crippen LogP contribution in [0.25, 0.3) is 0 Å². The number of esters is 1. The molecule has 0 radical (unpaired) electrons. The van der Waals surface area contributed by atoms with Crippen LogP contribution in [0.5, 0.6) is 5.75 Å². The largest absolute Gasteiger partial charge is 0.497 e. The fourth-order valence-electron chi connectivity index (χ4n) is 4.31. The Hall–Kier alpha value is -3.25. The van der Waals surface area contributed by atoms with Crippen LogP contribution in [0.15, 0.2) is 71.2 Å². The molecule has 0 saturated heterocycles. The molecule has 160 valence electrons. The van der Waals surface area contributed by atoms with Gasteiger partial charge in [-0.3, -0.25) is 9.69 Å². The highest BCUT2D eigenvalue weighted by Crippen LogP contribution is 2.47. The first-order valence-corrected chi connectivity index (χ1v) is 10.4. The summed E-state index contributed by atoms with van der Waals surface area (Å²) in [5.41, 5.74) is 9.76. The lowest BCUT2D eigenvalue weighted by Crippen LogP contribution is -2.40. The highest BCUT2D eigenvalue weighted by molar-refractivity contribution is 6.30. The third-order valence-electron chi connectivity index (χ3n) is 5.73. The molecule has 0 unspecified atom stereocenters. The van der Waals surface area contributed by atoms with Crippen LogP contribution in [-0.2, 0) is 14.3 Å². The molecular formula is C24H23ClN2O4. The zero-order valence-electron chi connectivity index (χ0n) is 17.4. The summed E-state index contributed by atoms with van der Waals surface area (Å²) < 4.78 is 10.4. The number of methoxy groups -OCH3 is 2. The highest BCUT2D eigenvalue weighted by atomic mass is 35.5. The summed E-state index contributed by atoms with van der Waals surface area (Å²) >= 11 is 6.06. The van der Waals surface area contributed by atoms with E-state index < -0.39 is 11.9 Å². The highest BCUT2D eigenvalue weighted by Gasteiger charge is 2.42. The van der Waals surface area contributed by atoms with Crippen molar-refractivity contribution in [2.75, 3.05) is 19.1 Å². The molecule has 0 aromatic heterocycles. The number of ether oxygens (including phenoxy) is 2. The summed E-state index contributed by atoms with van der Waals surface area (Å²) in [5.74, 6) is -0.228. The van der Waals surface area contributed by atoms with Crippen LogP contribution in [0.4, 0.5) is 5.69 Å². The number of benzene rings is 2. The molecule has 0 bridgehead atoms. The first kappa shape index (κ1) is 21.0. The van der Waals surface area contributed by atoms with Crippen molar-refractivity contribution in [1.29, 1.82) is 0 Å². The van der Waals surface area contributed by atoms with Gasteiger partial charge >= 0.3 is 5.97 Å². The molecular weight excluding hydrogens is 416 g/mol. The Morgan fingerprint density at radius 1 is 1.06 bits per heavy atom. The molecule has 0 fully saturated rings. The molecule has 6 nitrogen and oxygen atoms in total. The number of anilines is 1. The van der Waals surface area contributed by atoms with Crippen molar-refractivity contribution in [3.63, 3.8) is 0 Å². The van der Waals surface area contributed by atoms with Crippen LogP contribution in [0.2, 0.25) is 5.02 Å². The summed E-state index contributed by atoms with van der Waals surface area (Å²) in [6, 6.07) is 14.5. The van der Waals surface area contributed by atoms with E-state index >= 15 is 0 Å². The zero-order chi connectivity index (χ0) is 22.1. The van der Waals surface area contributed by atoms with Gasteiger partial charge < -0.3 is 15.2 Å². The van der Waals surface area contributed by atoms with E-state index in [2.05, 4.69) is 0 Å². The van der Waals surface area contributed by atoms with Crippen LogP contribution in [-0.4, -0.2) is 26.0 Å². The standard InChI is InChI=1S/C24H23ClN2O4/c1-30-17-12-6-14(7-13-17)20-21-18(4-3-5-19(21)28)27(16-10-8-15(25)9-11-16)23(26)22(20)24(29)31-2/h6-13,20H,3-5,26H2,1-2H3/t20-/m1/s1. The number of carbonyl (C=O) groups is 2. The van der Waals surface area contributed by atoms with Crippen molar-refractivity contribution in [2.24, 2.45) is 5.73 Å².